The van der Waals surface area contributed by atoms with Crippen LogP contribution in [0.1, 0.15) is 62.6 Å². The summed E-state index contributed by atoms with van der Waals surface area (Å²) in [4.78, 5) is 43.0. The molecule has 3 aliphatic rings. The molecule has 9 heteroatoms. The van der Waals surface area contributed by atoms with Crippen molar-refractivity contribution in [2.24, 2.45) is 5.92 Å². The highest BCUT2D eigenvalue weighted by molar-refractivity contribution is 6.08. The van der Waals surface area contributed by atoms with Gasteiger partial charge in [0.2, 0.25) is 5.91 Å². The Morgan fingerprint density at radius 3 is 2.58 bits per heavy atom. The molecule has 1 aromatic heterocycles. The number of rotatable bonds is 8. The lowest BCUT2D eigenvalue weighted by molar-refractivity contribution is -0.139. The van der Waals surface area contributed by atoms with Gasteiger partial charge in [0.1, 0.15) is 12.2 Å². The van der Waals surface area contributed by atoms with Crippen molar-refractivity contribution in [1.82, 2.24) is 24.9 Å². The average molecular weight is 516 g/mol. The summed E-state index contributed by atoms with van der Waals surface area (Å²) in [5.41, 5.74) is 2.36. The van der Waals surface area contributed by atoms with Crippen molar-refractivity contribution in [1.29, 1.82) is 0 Å². The summed E-state index contributed by atoms with van der Waals surface area (Å²) in [7, 11) is 0. The van der Waals surface area contributed by atoms with Crippen molar-refractivity contribution < 1.29 is 19.1 Å². The summed E-state index contributed by atoms with van der Waals surface area (Å²) in [6, 6.07) is 16.0. The number of carbonyl (C=O) groups excluding carboxylic acids is 3. The van der Waals surface area contributed by atoms with Gasteiger partial charge in [0, 0.05) is 24.6 Å². The van der Waals surface area contributed by atoms with Gasteiger partial charge in [0.05, 0.1) is 5.52 Å². The van der Waals surface area contributed by atoms with Gasteiger partial charge in [-0.1, -0.05) is 48.5 Å². The summed E-state index contributed by atoms with van der Waals surface area (Å²) < 4.78 is 7.79. The Balaban J connectivity index is 1.24. The van der Waals surface area contributed by atoms with Gasteiger partial charge in [-0.15, -0.1) is 0 Å². The molecular formula is C29H33N5O4. The standard InChI is InChI=1S/C29H33N5O4/c1-19(21-14-15-21)32(17-20-9-3-2-4-10-20)24(35)18-33-28(36)27(30-29(33)37)26-22-11-5-6-12-23(22)34(31-26)25-13-7-8-16-38-25/h2-6,9-12,19,21,25,27H,7-8,13-18H2,1H3,(H,30,37). The third kappa shape index (κ3) is 4.67. The number of nitrogens with one attached hydrogen (secondary N) is 1. The minimum Gasteiger partial charge on any atom is -0.356 e. The number of carbonyl (C=O) groups is 3. The van der Waals surface area contributed by atoms with E-state index in [0.29, 0.717) is 24.8 Å². The molecule has 0 spiro atoms. The zero-order valence-electron chi connectivity index (χ0n) is 21.6. The summed E-state index contributed by atoms with van der Waals surface area (Å²) in [5.74, 6) is -0.235. The minimum absolute atomic E-state index is 0.0365. The van der Waals surface area contributed by atoms with E-state index in [-0.39, 0.29) is 24.7 Å². The number of imide groups is 1. The molecule has 2 aromatic carbocycles. The highest BCUT2D eigenvalue weighted by atomic mass is 16.5. The number of ether oxygens (including phenoxy) is 1. The molecule has 3 atom stereocenters. The average Bonchev–Trinajstić information content (AvgIpc) is 3.68. The second kappa shape index (κ2) is 10.2. The normalized spacial score (nSPS) is 22.5. The fourth-order valence-electron chi connectivity index (χ4n) is 5.62. The Bertz CT molecular complexity index is 1350. The smallest absolute Gasteiger partial charge is 0.325 e. The van der Waals surface area contributed by atoms with E-state index in [9.17, 15) is 14.4 Å². The third-order valence-corrected chi connectivity index (χ3v) is 7.98. The van der Waals surface area contributed by atoms with E-state index in [1.54, 1.807) is 0 Å². The van der Waals surface area contributed by atoms with E-state index in [1.807, 2.05) is 64.2 Å². The predicted molar refractivity (Wildman–Crippen MR) is 141 cm³/mol. The number of benzene rings is 2. The SMILES string of the molecule is CC(C1CC1)N(Cc1ccccc1)C(=O)CN1C(=O)NC(c2nn(C3CCCCO3)c3ccccc23)C1=O. The fraction of sp³-hybridized carbons (Fsp3) is 0.448. The van der Waals surface area contributed by atoms with E-state index >= 15 is 0 Å². The number of urea groups is 1. The van der Waals surface area contributed by atoms with Gasteiger partial charge < -0.3 is 15.0 Å². The van der Waals surface area contributed by atoms with Crippen molar-refractivity contribution in [3.8, 4) is 0 Å². The lowest BCUT2D eigenvalue weighted by Gasteiger charge is -2.30. The van der Waals surface area contributed by atoms with E-state index in [4.69, 9.17) is 9.84 Å². The number of para-hydroxylation sites is 1. The number of hydrogen-bond acceptors (Lipinski definition) is 5. The first-order chi connectivity index (χ1) is 18.5. The van der Waals surface area contributed by atoms with Crippen molar-refractivity contribution >= 4 is 28.7 Å². The Labute approximate surface area is 221 Å². The molecule has 198 valence electrons. The number of nitrogens with zero attached hydrogens (tertiary/aromatic N) is 4. The third-order valence-electron chi connectivity index (χ3n) is 7.98. The van der Waals surface area contributed by atoms with Crippen molar-refractivity contribution in [3.63, 3.8) is 0 Å². The van der Waals surface area contributed by atoms with Crippen LogP contribution in [0.3, 0.4) is 0 Å². The van der Waals surface area contributed by atoms with Crippen LogP contribution in [0.4, 0.5) is 4.79 Å². The fourth-order valence-corrected chi connectivity index (χ4v) is 5.62. The van der Waals surface area contributed by atoms with Crippen LogP contribution < -0.4 is 5.32 Å². The maximum absolute atomic E-state index is 13.6. The molecule has 2 saturated heterocycles. The number of hydrogen-bond donors (Lipinski definition) is 1. The van der Waals surface area contributed by atoms with E-state index in [2.05, 4.69) is 12.2 Å². The van der Waals surface area contributed by atoms with E-state index < -0.39 is 18.0 Å². The second-order valence-corrected chi connectivity index (χ2v) is 10.6. The Kier molecular flexibility index (Phi) is 6.61. The molecule has 2 aliphatic heterocycles. The number of fused-ring (bicyclic) bond motifs is 1. The topological polar surface area (TPSA) is 96.8 Å². The first-order valence-corrected chi connectivity index (χ1v) is 13.6. The van der Waals surface area contributed by atoms with Crippen LogP contribution in [0.25, 0.3) is 10.9 Å². The summed E-state index contributed by atoms with van der Waals surface area (Å²) in [5, 5.41) is 8.36. The van der Waals surface area contributed by atoms with Gasteiger partial charge in [-0.05, 0) is 56.6 Å². The van der Waals surface area contributed by atoms with E-state index in [1.165, 1.54) is 0 Å². The molecular weight excluding hydrogens is 482 g/mol. The molecule has 1 aliphatic carbocycles. The molecule has 4 amide bonds. The van der Waals surface area contributed by atoms with Crippen LogP contribution in [0.5, 0.6) is 0 Å². The van der Waals surface area contributed by atoms with Crippen LogP contribution in [-0.2, 0) is 20.9 Å². The molecule has 9 nitrogen and oxygen atoms in total. The Hall–Kier alpha value is -3.72. The summed E-state index contributed by atoms with van der Waals surface area (Å²) >= 11 is 0. The monoisotopic (exact) mass is 515 g/mol. The van der Waals surface area contributed by atoms with Crippen molar-refractivity contribution in [2.45, 2.75) is 63.9 Å². The number of amides is 4. The van der Waals surface area contributed by atoms with Crippen LogP contribution in [0, 0.1) is 5.92 Å². The lowest BCUT2D eigenvalue weighted by atomic mass is 10.1. The Morgan fingerprint density at radius 2 is 1.84 bits per heavy atom. The number of aromatic nitrogens is 2. The molecule has 3 unspecified atom stereocenters. The largest absolute Gasteiger partial charge is 0.356 e. The van der Waals surface area contributed by atoms with Crippen LogP contribution in [0.2, 0.25) is 0 Å². The maximum Gasteiger partial charge on any atom is 0.325 e. The molecule has 1 N–H and O–H groups in total. The molecule has 3 aromatic rings. The molecule has 1 saturated carbocycles. The summed E-state index contributed by atoms with van der Waals surface area (Å²) in [6.07, 6.45) is 4.87. The van der Waals surface area contributed by atoms with Crippen molar-refractivity contribution in [3.05, 3.63) is 65.9 Å². The first kappa shape index (κ1) is 24.6. The van der Waals surface area contributed by atoms with E-state index in [0.717, 1.165) is 53.5 Å². The molecule has 6 rings (SSSR count). The molecule has 3 heterocycles. The van der Waals surface area contributed by atoms with Gasteiger partial charge in [-0.2, -0.15) is 5.10 Å². The lowest BCUT2D eigenvalue weighted by Crippen LogP contribution is -2.46. The highest BCUT2D eigenvalue weighted by Gasteiger charge is 2.44. The van der Waals surface area contributed by atoms with Crippen LogP contribution >= 0.6 is 0 Å². The quantitative estimate of drug-likeness (QED) is 0.455. The summed E-state index contributed by atoms with van der Waals surface area (Å²) in [6.45, 7) is 2.87. The van der Waals surface area contributed by atoms with Gasteiger partial charge in [0.25, 0.3) is 5.91 Å². The molecule has 38 heavy (non-hydrogen) atoms. The molecule has 3 fully saturated rings. The highest BCUT2D eigenvalue weighted by Crippen LogP contribution is 2.36. The zero-order valence-corrected chi connectivity index (χ0v) is 21.6. The maximum atomic E-state index is 13.6. The zero-order chi connectivity index (χ0) is 26.2. The van der Waals surface area contributed by atoms with Gasteiger partial charge in [-0.25, -0.2) is 9.48 Å². The van der Waals surface area contributed by atoms with Crippen LogP contribution in [0.15, 0.2) is 54.6 Å². The minimum atomic E-state index is -0.950. The van der Waals surface area contributed by atoms with Gasteiger partial charge in [-0.3, -0.25) is 14.5 Å². The molecule has 0 bridgehead atoms. The Morgan fingerprint density at radius 1 is 1.08 bits per heavy atom. The van der Waals surface area contributed by atoms with Crippen molar-refractivity contribution in [2.75, 3.05) is 13.2 Å². The molecule has 0 radical (unpaired) electrons. The van der Waals surface area contributed by atoms with Crippen LogP contribution in [-0.4, -0.2) is 56.6 Å². The predicted octanol–water partition coefficient (Wildman–Crippen LogP) is 4.16. The van der Waals surface area contributed by atoms with Gasteiger partial charge >= 0.3 is 6.03 Å². The first-order valence-electron chi connectivity index (χ1n) is 13.6. The second-order valence-electron chi connectivity index (χ2n) is 10.6. The van der Waals surface area contributed by atoms with Gasteiger partial charge in [0.15, 0.2) is 12.3 Å².